The summed E-state index contributed by atoms with van der Waals surface area (Å²) in [5, 5.41) is 55.0. The second-order valence-electron chi connectivity index (χ2n) is 9.18. The molecule has 10 nitrogen and oxygen atoms in total. The van der Waals surface area contributed by atoms with Gasteiger partial charge in [-0.1, -0.05) is 19.1 Å². The predicted molar refractivity (Wildman–Crippen MR) is 109 cm³/mol. The van der Waals surface area contributed by atoms with Gasteiger partial charge in [-0.3, -0.25) is 19.3 Å². The summed E-state index contributed by atoms with van der Waals surface area (Å²) in [4.78, 5) is 40.0. The number of carbonyl (C=O) groups excluding carboxylic acids is 3. The topological polar surface area (TPSA) is 182 Å². The van der Waals surface area contributed by atoms with Crippen LogP contribution in [0.4, 0.5) is 0 Å². The third-order valence-corrected chi connectivity index (χ3v) is 7.38. The standard InChI is InChI=1S/C22H26N2O8/c1-7-8-5-4-6-9(25)11(8)18(27)14-10(7)17(26)12-15(22(14,31)32)19(28)13(21(23)30)20(29)16(12)24(2)3/h4-7,10,12,14-17,25-26,29,31-32H,1-3H3,(H2,23,30)/t7-,10+,12+,14?,15+,16+,17-/m0/s1. The Labute approximate surface area is 183 Å². The molecule has 0 aromatic heterocycles. The number of likely N-dealkylation sites (N-methyl/N-ethyl adjacent to an activating group) is 1. The second-order valence-corrected chi connectivity index (χ2v) is 9.18. The molecule has 7 N–H and O–H groups in total. The molecule has 1 fully saturated rings. The highest BCUT2D eigenvalue weighted by Gasteiger charge is 2.69. The maximum atomic E-state index is 13.4. The highest BCUT2D eigenvalue weighted by Crippen LogP contribution is 2.57. The number of amides is 1. The van der Waals surface area contributed by atoms with Crippen LogP contribution in [0, 0.1) is 23.7 Å². The lowest BCUT2D eigenvalue weighted by atomic mass is 9.50. The van der Waals surface area contributed by atoms with Crippen LogP contribution in [0.15, 0.2) is 29.5 Å². The number of nitrogens with zero attached hydrogens (tertiary/aromatic N) is 1. The van der Waals surface area contributed by atoms with E-state index in [1.165, 1.54) is 25.1 Å². The monoisotopic (exact) mass is 446 g/mol. The average molecular weight is 446 g/mol. The van der Waals surface area contributed by atoms with Crippen molar-refractivity contribution in [1.82, 2.24) is 4.90 Å². The van der Waals surface area contributed by atoms with Gasteiger partial charge in [0.2, 0.25) is 0 Å². The van der Waals surface area contributed by atoms with E-state index in [1.54, 1.807) is 19.1 Å². The number of ketones is 2. The summed E-state index contributed by atoms with van der Waals surface area (Å²) in [6.45, 7) is 1.68. The van der Waals surface area contributed by atoms with Gasteiger partial charge < -0.3 is 31.3 Å². The normalized spacial score (nSPS) is 35.9. The predicted octanol–water partition coefficient (Wildman–Crippen LogP) is -0.977. The number of benzene rings is 1. The first-order chi connectivity index (χ1) is 14.8. The minimum Gasteiger partial charge on any atom is -0.510 e. The van der Waals surface area contributed by atoms with Crippen molar-refractivity contribution in [3.8, 4) is 5.75 Å². The van der Waals surface area contributed by atoms with Crippen LogP contribution < -0.4 is 5.73 Å². The maximum absolute atomic E-state index is 13.4. The molecule has 0 aliphatic heterocycles. The zero-order chi connectivity index (χ0) is 23.9. The van der Waals surface area contributed by atoms with E-state index in [4.69, 9.17) is 5.73 Å². The molecule has 1 amide bonds. The fourth-order valence-electron chi connectivity index (χ4n) is 6.12. The first kappa shape index (κ1) is 22.4. The highest BCUT2D eigenvalue weighted by atomic mass is 16.5. The molecule has 1 aromatic rings. The number of aliphatic hydroxyl groups excluding tert-OH is 2. The van der Waals surface area contributed by atoms with Gasteiger partial charge in [0.1, 0.15) is 17.1 Å². The van der Waals surface area contributed by atoms with E-state index in [0.29, 0.717) is 5.56 Å². The van der Waals surface area contributed by atoms with E-state index in [1.807, 2.05) is 0 Å². The van der Waals surface area contributed by atoms with E-state index in [2.05, 4.69) is 0 Å². The third-order valence-electron chi connectivity index (χ3n) is 7.38. The molecular weight excluding hydrogens is 420 g/mol. The van der Waals surface area contributed by atoms with Crippen LogP contribution in [-0.4, -0.2) is 79.9 Å². The van der Waals surface area contributed by atoms with Crippen LogP contribution >= 0.6 is 0 Å². The number of phenols is 1. The van der Waals surface area contributed by atoms with E-state index in [-0.39, 0.29) is 11.3 Å². The zero-order valence-corrected chi connectivity index (χ0v) is 17.8. The summed E-state index contributed by atoms with van der Waals surface area (Å²) < 4.78 is 0. The lowest BCUT2D eigenvalue weighted by molar-refractivity contribution is -0.283. The Balaban J connectivity index is 1.98. The summed E-state index contributed by atoms with van der Waals surface area (Å²) in [6, 6.07) is 3.31. The average Bonchev–Trinajstić information content (AvgIpc) is 2.67. The zero-order valence-electron chi connectivity index (χ0n) is 17.8. The maximum Gasteiger partial charge on any atom is 0.255 e. The number of hydrogen-bond donors (Lipinski definition) is 6. The summed E-state index contributed by atoms with van der Waals surface area (Å²) >= 11 is 0. The number of aromatic hydroxyl groups is 1. The molecule has 0 heterocycles. The number of nitrogens with two attached hydrogens (primary N) is 1. The highest BCUT2D eigenvalue weighted by molar-refractivity contribution is 6.21. The number of carbonyl (C=O) groups is 3. The van der Waals surface area contributed by atoms with Crippen molar-refractivity contribution in [1.29, 1.82) is 0 Å². The fraction of sp³-hybridized carbons (Fsp3) is 0.500. The second kappa shape index (κ2) is 7.11. The molecule has 3 aliphatic rings. The minimum atomic E-state index is -2.98. The van der Waals surface area contributed by atoms with Crippen molar-refractivity contribution in [3.63, 3.8) is 0 Å². The Morgan fingerprint density at radius 1 is 1.06 bits per heavy atom. The van der Waals surface area contributed by atoms with Crippen molar-refractivity contribution in [3.05, 3.63) is 40.7 Å². The van der Waals surface area contributed by atoms with E-state index in [9.17, 15) is 39.9 Å². The molecule has 0 saturated heterocycles. The molecule has 172 valence electrons. The van der Waals surface area contributed by atoms with Gasteiger partial charge in [-0.05, 0) is 31.6 Å². The van der Waals surface area contributed by atoms with Crippen LogP contribution in [0.25, 0.3) is 0 Å². The third kappa shape index (κ3) is 2.70. The molecule has 3 aliphatic carbocycles. The number of primary amides is 1. The molecule has 1 saturated carbocycles. The Morgan fingerprint density at radius 3 is 2.22 bits per heavy atom. The van der Waals surface area contributed by atoms with Crippen molar-refractivity contribution < 1.29 is 39.9 Å². The number of hydrogen-bond acceptors (Lipinski definition) is 9. The Kier molecular flexibility index (Phi) is 4.98. The van der Waals surface area contributed by atoms with Gasteiger partial charge in [-0.25, -0.2) is 0 Å². The SMILES string of the molecule is C[C@H]1c2cccc(O)c2C(=O)C2[C@@H]1[C@H](O)[C@H]1[C@@H](N(C)C)C(O)=C(C(N)=O)C(=O)[C@@H]1C2(O)O. The Bertz CT molecular complexity index is 1060. The molecule has 1 unspecified atom stereocenters. The first-order valence-corrected chi connectivity index (χ1v) is 10.3. The molecular formula is C22H26N2O8. The van der Waals surface area contributed by atoms with E-state index >= 15 is 0 Å². The quantitative estimate of drug-likeness (QED) is 0.246. The number of fused-ring (bicyclic) bond motifs is 3. The summed E-state index contributed by atoms with van der Waals surface area (Å²) in [5.74, 6) is -13.6. The molecule has 0 radical (unpaired) electrons. The van der Waals surface area contributed by atoms with Gasteiger partial charge in [-0.15, -0.1) is 0 Å². The van der Waals surface area contributed by atoms with Gasteiger partial charge in [-0.2, -0.15) is 0 Å². The first-order valence-electron chi connectivity index (χ1n) is 10.3. The van der Waals surface area contributed by atoms with Gasteiger partial charge in [0.15, 0.2) is 17.4 Å². The van der Waals surface area contributed by atoms with Crippen molar-refractivity contribution in [2.24, 2.45) is 29.4 Å². The minimum absolute atomic E-state index is 0.0969. The number of Topliss-reactive ketones (excluding diaryl/α,β-unsaturated/α-hetero) is 2. The van der Waals surface area contributed by atoms with Crippen molar-refractivity contribution in [2.75, 3.05) is 14.1 Å². The molecule has 10 heteroatoms. The molecule has 0 spiro atoms. The summed E-state index contributed by atoms with van der Waals surface area (Å²) in [5.41, 5.74) is 4.85. The van der Waals surface area contributed by atoms with Crippen LogP contribution in [-0.2, 0) is 9.59 Å². The van der Waals surface area contributed by atoms with Gasteiger partial charge in [0, 0.05) is 11.8 Å². The summed E-state index contributed by atoms with van der Waals surface area (Å²) in [6.07, 6.45) is -1.43. The largest absolute Gasteiger partial charge is 0.510 e. The Hall–Kier alpha value is -2.79. The molecule has 1 aromatic carbocycles. The van der Waals surface area contributed by atoms with Gasteiger partial charge in [0.25, 0.3) is 5.91 Å². The smallest absolute Gasteiger partial charge is 0.255 e. The molecule has 7 atom stereocenters. The number of phenolic OH excluding ortho intramolecular Hbond substituents is 1. The summed E-state index contributed by atoms with van der Waals surface area (Å²) in [7, 11) is 3.06. The number of aliphatic hydroxyl groups is 4. The Morgan fingerprint density at radius 2 is 1.66 bits per heavy atom. The lowest BCUT2D eigenvalue weighted by Gasteiger charge is -2.57. The molecule has 32 heavy (non-hydrogen) atoms. The van der Waals surface area contributed by atoms with Crippen LogP contribution in [0.3, 0.4) is 0 Å². The van der Waals surface area contributed by atoms with Crippen LogP contribution in [0.1, 0.15) is 28.8 Å². The van der Waals surface area contributed by atoms with E-state index < -0.39 is 76.3 Å². The van der Waals surface area contributed by atoms with E-state index in [0.717, 1.165) is 0 Å². The fourth-order valence-corrected chi connectivity index (χ4v) is 6.12. The molecule has 0 bridgehead atoms. The van der Waals surface area contributed by atoms with Gasteiger partial charge in [0.05, 0.1) is 29.5 Å². The number of rotatable bonds is 2. The van der Waals surface area contributed by atoms with Crippen LogP contribution in [0.5, 0.6) is 5.75 Å². The van der Waals surface area contributed by atoms with Crippen molar-refractivity contribution >= 4 is 17.5 Å². The van der Waals surface area contributed by atoms with Crippen LogP contribution in [0.2, 0.25) is 0 Å². The van der Waals surface area contributed by atoms with Crippen molar-refractivity contribution in [2.45, 2.75) is 30.8 Å². The molecule has 4 rings (SSSR count). The van der Waals surface area contributed by atoms with Gasteiger partial charge >= 0.3 is 0 Å². The lowest BCUT2D eigenvalue weighted by Crippen LogP contribution is -2.71.